The van der Waals surface area contributed by atoms with E-state index in [2.05, 4.69) is 21.2 Å². The molecule has 2 aromatic rings. The maximum absolute atomic E-state index is 13.5. The molecule has 0 aliphatic heterocycles. The molecule has 2 rings (SSSR count). The molecule has 5 heteroatoms. The van der Waals surface area contributed by atoms with Crippen LogP contribution in [0.4, 0.5) is 15.8 Å². The molecule has 0 heterocycles. The van der Waals surface area contributed by atoms with Gasteiger partial charge in [-0.15, -0.1) is 0 Å². The number of para-hydroxylation sites is 1. The smallest absolute Gasteiger partial charge is 0.255 e. The van der Waals surface area contributed by atoms with E-state index in [1.165, 1.54) is 12.1 Å². The lowest BCUT2D eigenvalue weighted by molar-refractivity contribution is 0.102. The standard InChI is InChI=1S/C13H10BrFN2O/c14-10-5-2-6-11(15)12(10)17-13(18)8-3-1-4-9(16)7-8/h1-7H,16H2,(H,17,18). The minimum Gasteiger partial charge on any atom is -0.399 e. The molecule has 0 aliphatic carbocycles. The minimum absolute atomic E-state index is 0.116. The molecule has 0 saturated carbocycles. The van der Waals surface area contributed by atoms with Gasteiger partial charge in [-0.3, -0.25) is 4.79 Å². The summed E-state index contributed by atoms with van der Waals surface area (Å²) in [7, 11) is 0. The van der Waals surface area contributed by atoms with Crippen LogP contribution in [0.2, 0.25) is 0 Å². The molecule has 0 aliphatic rings. The number of benzene rings is 2. The molecule has 18 heavy (non-hydrogen) atoms. The first-order valence-electron chi connectivity index (χ1n) is 5.19. The Labute approximate surface area is 112 Å². The maximum atomic E-state index is 13.5. The van der Waals surface area contributed by atoms with Crippen molar-refractivity contribution in [3.63, 3.8) is 0 Å². The summed E-state index contributed by atoms with van der Waals surface area (Å²) in [6.45, 7) is 0. The van der Waals surface area contributed by atoms with Crippen molar-refractivity contribution in [3.8, 4) is 0 Å². The van der Waals surface area contributed by atoms with Crippen LogP contribution in [-0.4, -0.2) is 5.91 Å². The second-order valence-corrected chi connectivity index (χ2v) is 4.53. The quantitative estimate of drug-likeness (QED) is 0.835. The fourth-order valence-electron chi connectivity index (χ4n) is 1.48. The Kier molecular flexibility index (Phi) is 3.62. The van der Waals surface area contributed by atoms with Crippen molar-refractivity contribution in [2.45, 2.75) is 0 Å². The monoisotopic (exact) mass is 308 g/mol. The number of carbonyl (C=O) groups excluding carboxylic acids is 1. The number of nitrogen functional groups attached to an aromatic ring is 1. The highest BCUT2D eigenvalue weighted by atomic mass is 79.9. The van der Waals surface area contributed by atoms with Gasteiger partial charge < -0.3 is 11.1 Å². The predicted octanol–water partition coefficient (Wildman–Crippen LogP) is 3.42. The van der Waals surface area contributed by atoms with E-state index < -0.39 is 11.7 Å². The van der Waals surface area contributed by atoms with Crippen molar-refractivity contribution in [2.75, 3.05) is 11.1 Å². The summed E-state index contributed by atoms with van der Waals surface area (Å²) in [4.78, 5) is 11.9. The van der Waals surface area contributed by atoms with Crippen LogP contribution in [0.1, 0.15) is 10.4 Å². The van der Waals surface area contributed by atoms with Crippen molar-refractivity contribution >= 4 is 33.2 Å². The topological polar surface area (TPSA) is 55.1 Å². The second kappa shape index (κ2) is 5.18. The van der Waals surface area contributed by atoms with Crippen LogP contribution < -0.4 is 11.1 Å². The van der Waals surface area contributed by atoms with Crippen LogP contribution in [0, 0.1) is 5.82 Å². The highest BCUT2D eigenvalue weighted by Gasteiger charge is 2.11. The zero-order valence-corrected chi connectivity index (χ0v) is 10.9. The van der Waals surface area contributed by atoms with Crippen LogP contribution in [0.25, 0.3) is 0 Å². The first-order valence-corrected chi connectivity index (χ1v) is 5.98. The highest BCUT2D eigenvalue weighted by molar-refractivity contribution is 9.10. The van der Waals surface area contributed by atoms with E-state index >= 15 is 0 Å². The number of halogens is 2. The third-order valence-electron chi connectivity index (χ3n) is 2.35. The van der Waals surface area contributed by atoms with Crippen molar-refractivity contribution in [1.29, 1.82) is 0 Å². The third kappa shape index (κ3) is 2.68. The van der Waals surface area contributed by atoms with Gasteiger partial charge in [-0.25, -0.2) is 4.39 Å². The van der Waals surface area contributed by atoms with Gasteiger partial charge in [0, 0.05) is 15.7 Å². The number of hydrogen-bond donors (Lipinski definition) is 2. The van der Waals surface area contributed by atoms with E-state index in [4.69, 9.17) is 5.73 Å². The number of nitrogens with one attached hydrogen (secondary N) is 1. The lowest BCUT2D eigenvalue weighted by Gasteiger charge is -2.08. The van der Waals surface area contributed by atoms with Crippen molar-refractivity contribution in [2.24, 2.45) is 0 Å². The van der Waals surface area contributed by atoms with Gasteiger partial charge in [0.25, 0.3) is 5.91 Å². The number of hydrogen-bond acceptors (Lipinski definition) is 2. The summed E-state index contributed by atoms with van der Waals surface area (Å²) >= 11 is 3.18. The van der Waals surface area contributed by atoms with E-state index in [9.17, 15) is 9.18 Å². The Morgan fingerprint density at radius 2 is 1.94 bits per heavy atom. The SMILES string of the molecule is Nc1cccc(C(=O)Nc2c(F)cccc2Br)c1. The van der Waals surface area contributed by atoms with E-state index in [0.717, 1.165) is 0 Å². The Morgan fingerprint density at radius 3 is 2.61 bits per heavy atom. The van der Waals surface area contributed by atoms with Gasteiger partial charge in [-0.2, -0.15) is 0 Å². The zero-order valence-electron chi connectivity index (χ0n) is 9.28. The fourth-order valence-corrected chi connectivity index (χ4v) is 1.92. The van der Waals surface area contributed by atoms with E-state index in [1.54, 1.807) is 30.3 Å². The van der Waals surface area contributed by atoms with Gasteiger partial charge in [-0.05, 0) is 46.3 Å². The third-order valence-corrected chi connectivity index (χ3v) is 3.01. The normalized spacial score (nSPS) is 10.1. The van der Waals surface area contributed by atoms with Crippen LogP contribution in [-0.2, 0) is 0 Å². The average Bonchev–Trinajstić information content (AvgIpc) is 2.34. The number of carbonyl (C=O) groups is 1. The van der Waals surface area contributed by atoms with Crippen LogP contribution in [0.3, 0.4) is 0 Å². The Hall–Kier alpha value is -1.88. The van der Waals surface area contributed by atoms with Gasteiger partial charge in [0.15, 0.2) is 0 Å². The van der Waals surface area contributed by atoms with Gasteiger partial charge in [-0.1, -0.05) is 12.1 Å². The number of rotatable bonds is 2. The van der Waals surface area contributed by atoms with Crippen LogP contribution >= 0.6 is 15.9 Å². The molecule has 92 valence electrons. The molecule has 2 aromatic carbocycles. The fraction of sp³-hybridized carbons (Fsp3) is 0. The summed E-state index contributed by atoms with van der Waals surface area (Å²) in [5.41, 5.74) is 6.56. The average molecular weight is 309 g/mol. The van der Waals surface area contributed by atoms with Gasteiger partial charge in [0.1, 0.15) is 5.82 Å². The largest absolute Gasteiger partial charge is 0.399 e. The lowest BCUT2D eigenvalue weighted by atomic mass is 10.2. The number of nitrogens with two attached hydrogens (primary N) is 1. The summed E-state index contributed by atoms with van der Waals surface area (Å²) in [5, 5.41) is 2.51. The molecular weight excluding hydrogens is 299 g/mol. The molecule has 0 atom stereocenters. The van der Waals surface area contributed by atoms with E-state index in [-0.39, 0.29) is 5.69 Å². The van der Waals surface area contributed by atoms with Crippen molar-refractivity contribution in [1.82, 2.24) is 0 Å². The molecule has 0 saturated heterocycles. The molecule has 3 nitrogen and oxygen atoms in total. The van der Waals surface area contributed by atoms with Crippen LogP contribution in [0.5, 0.6) is 0 Å². The van der Waals surface area contributed by atoms with E-state index in [1.807, 2.05) is 0 Å². The predicted molar refractivity (Wildman–Crippen MR) is 72.9 cm³/mol. The summed E-state index contributed by atoms with van der Waals surface area (Å²) in [6, 6.07) is 11.0. The Morgan fingerprint density at radius 1 is 1.22 bits per heavy atom. The molecular formula is C13H10BrFN2O. The summed E-state index contributed by atoms with van der Waals surface area (Å²) < 4.78 is 14.0. The van der Waals surface area contributed by atoms with Crippen molar-refractivity contribution in [3.05, 3.63) is 58.3 Å². The molecule has 0 fully saturated rings. The molecule has 0 radical (unpaired) electrons. The Bertz CT molecular complexity index is 581. The van der Waals surface area contributed by atoms with Gasteiger partial charge >= 0.3 is 0 Å². The van der Waals surface area contributed by atoms with Crippen molar-refractivity contribution < 1.29 is 9.18 Å². The molecule has 0 unspecified atom stereocenters. The Balaban J connectivity index is 2.27. The van der Waals surface area contributed by atoms with Crippen LogP contribution in [0.15, 0.2) is 46.9 Å². The lowest BCUT2D eigenvalue weighted by Crippen LogP contribution is -2.13. The summed E-state index contributed by atoms with van der Waals surface area (Å²) in [5.74, 6) is -0.908. The molecule has 0 spiro atoms. The van der Waals surface area contributed by atoms with Gasteiger partial charge in [0.2, 0.25) is 0 Å². The molecule has 0 aromatic heterocycles. The number of anilines is 2. The summed E-state index contributed by atoms with van der Waals surface area (Å²) in [6.07, 6.45) is 0. The molecule has 3 N–H and O–H groups in total. The van der Waals surface area contributed by atoms with Gasteiger partial charge in [0.05, 0.1) is 5.69 Å². The van der Waals surface area contributed by atoms with E-state index in [0.29, 0.717) is 15.7 Å². The minimum atomic E-state index is -0.498. The highest BCUT2D eigenvalue weighted by Crippen LogP contribution is 2.25. The first-order chi connectivity index (χ1) is 8.58. The molecule has 0 bridgehead atoms. The number of amides is 1. The molecule has 1 amide bonds. The maximum Gasteiger partial charge on any atom is 0.255 e. The zero-order chi connectivity index (χ0) is 13.1. The second-order valence-electron chi connectivity index (χ2n) is 3.68. The first kappa shape index (κ1) is 12.6.